The number of hydrogen-bond acceptors (Lipinski definition) is 5. The zero-order valence-electron chi connectivity index (χ0n) is 18.5. The largest absolute Gasteiger partial charge is 0.497 e. The van der Waals surface area contributed by atoms with Crippen molar-refractivity contribution >= 4 is 32.7 Å². The fourth-order valence-corrected chi connectivity index (χ4v) is 5.98. The average molecular weight is 467 g/mol. The van der Waals surface area contributed by atoms with Crippen molar-refractivity contribution in [2.45, 2.75) is 36.6 Å². The summed E-state index contributed by atoms with van der Waals surface area (Å²) in [6.07, 6.45) is 3.77. The topological polar surface area (TPSA) is 104 Å². The number of hydrogen-bond donors (Lipinski definition) is 2. The number of benzene rings is 2. The lowest BCUT2D eigenvalue weighted by Crippen LogP contribution is -2.42. The van der Waals surface area contributed by atoms with E-state index in [0.717, 1.165) is 29.5 Å². The normalized spacial score (nSPS) is 19.9. The highest BCUT2D eigenvalue weighted by atomic mass is 32.2. The molecule has 0 saturated carbocycles. The minimum atomic E-state index is -3.62. The molecule has 0 unspecified atom stereocenters. The van der Waals surface area contributed by atoms with Gasteiger partial charge in [0.1, 0.15) is 17.6 Å². The first-order valence-corrected chi connectivity index (χ1v) is 12.5. The van der Waals surface area contributed by atoms with Gasteiger partial charge in [-0.25, -0.2) is 8.42 Å². The molecule has 5 rings (SSSR count). The molecule has 1 saturated heterocycles. The highest BCUT2D eigenvalue weighted by Crippen LogP contribution is 2.35. The van der Waals surface area contributed by atoms with Crippen LogP contribution in [0.15, 0.2) is 58.5 Å². The summed E-state index contributed by atoms with van der Waals surface area (Å²) in [5, 5.41) is 1.16. The van der Waals surface area contributed by atoms with Gasteiger partial charge in [-0.2, -0.15) is 0 Å². The summed E-state index contributed by atoms with van der Waals surface area (Å²) in [5.74, 6) is 1.32. The molecule has 2 aromatic carbocycles. The number of nitrogens with one attached hydrogen (secondary N) is 2. The molecule has 2 aliphatic rings. The molecule has 8 nitrogen and oxygen atoms in total. The smallest absolute Gasteiger partial charge is 0.263 e. The molecule has 1 atom stereocenters. The third kappa shape index (κ3) is 3.86. The molecule has 3 aromatic rings. The number of ether oxygens (including phenoxy) is 1. The Kier molecular flexibility index (Phi) is 5.36. The minimum absolute atomic E-state index is 0.0925. The van der Waals surface area contributed by atoms with E-state index in [-0.39, 0.29) is 16.6 Å². The predicted molar refractivity (Wildman–Crippen MR) is 126 cm³/mol. The molecule has 1 fully saturated rings. The molecular formula is C24H26N4O4S. The third-order valence-corrected chi connectivity index (χ3v) is 7.91. The van der Waals surface area contributed by atoms with E-state index in [1.807, 2.05) is 17.0 Å². The Hall–Kier alpha value is -3.33. The Morgan fingerprint density at radius 3 is 2.70 bits per heavy atom. The number of aromatic nitrogens is 1. The summed E-state index contributed by atoms with van der Waals surface area (Å²) in [4.78, 5) is 22.9. The van der Waals surface area contributed by atoms with E-state index in [1.54, 1.807) is 32.2 Å². The predicted octanol–water partition coefficient (Wildman–Crippen LogP) is 3.01. The van der Waals surface area contributed by atoms with Crippen molar-refractivity contribution in [3.05, 3.63) is 59.8 Å². The first-order chi connectivity index (χ1) is 15.9. The number of carbonyl (C=O) groups excluding carboxylic acids is 1. The van der Waals surface area contributed by atoms with Gasteiger partial charge in [0.05, 0.1) is 12.0 Å². The summed E-state index contributed by atoms with van der Waals surface area (Å²) in [6.45, 7) is 2.98. The Morgan fingerprint density at radius 1 is 1.18 bits per heavy atom. The molecule has 172 valence electrons. The monoisotopic (exact) mass is 466 g/mol. The molecule has 2 aliphatic heterocycles. The summed E-state index contributed by atoms with van der Waals surface area (Å²) < 4.78 is 32.5. The number of H-pyrrole nitrogens is 1. The molecule has 9 heteroatoms. The number of piperidine rings is 1. The molecule has 3 heterocycles. The number of rotatable bonds is 4. The van der Waals surface area contributed by atoms with E-state index in [4.69, 9.17) is 4.74 Å². The van der Waals surface area contributed by atoms with E-state index in [2.05, 4.69) is 27.0 Å². The van der Waals surface area contributed by atoms with Gasteiger partial charge in [-0.15, -0.1) is 0 Å². The molecule has 1 amide bonds. The number of amidine groups is 1. The van der Waals surface area contributed by atoms with Gasteiger partial charge in [-0.05, 0) is 61.6 Å². The van der Waals surface area contributed by atoms with Crippen LogP contribution in [0.25, 0.3) is 10.9 Å². The van der Waals surface area contributed by atoms with Crippen LogP contribution in [-0.4, -0.2) is 56.3 Å². The van der Waals surface area contributed by atoms with Crippen LogP contribution in [0.5, 0.6) is 5.75 Å². The van der Waals surface area contributed by atoms with Crippen molar-refractivity contribution in [2.75, 3.05) is 20.2 Å². The Bertz CT molecular complexity index is 1350. The maximum atomic E-state index is 13.1. The second kappa shape index (κ2) is 8.22. The van der Waals surface area contributed by atoms with Crippen molar-refractivity contribution < 1.29 is 17.9 Å². The minimum Gasteiger partial charge on any atom is -0.497 e. The maximum absolute atomic E-state index is 13.1. The van der Waals surface area contributed by atoms with Crippen molar-refractivity contribution in [3.8, 4) is 5.75 Å². The number of likely N-dealkylation sites (tertiary alicyclic amines) is 1. The van der Waals surface area contributed by atoms with Crippen LogP contribution in [0.2, 0.25) is 0 Å². The molecule has 0 bridgehead atoms. The zero-order valence-corrected chi connectivity index (χ0v) is 19.4. The van der Waals surface area contributed by atoms with E-state index < -0.39 is 16.1 Å². The van der Waals surface area contributed by atoms with E-state index in [0.29, 0.717) is 24.6 Å². The number of methoxy groups -OCH3 is 1. The van der Waals surface area contributed by atoms with Crippen LogP contribution in [0.3, 0.4) is 0 Å². The Balaban J connectivity index is 1.28. The fraction of sp³-hybridized carbons (Fsp3) is 0.333. The first kappa shape index (κ1) is 21.5. The molecule has 1 aromatic heterocycles. The van der Waals surface area contributed by atoms with Crippen LogP contribution >= 0.6 is 0 Å². The number of aliphatic imine (C=N–C) groups is 1. The van der Waals surface area contributed by atoms with Crippen LogP contribution in [-0.2, 0) is 14.8 Å². The SMILES string of the molecule is COc1ccc2[nH]cc(C3CCN(C(=O)[C@H](C)N=C4NS(=O)(=O)c5ccccc54)CC3)c2c1. The number of nitrogens with zero attached hydrogens (tertiary/aromatic N) is 2. The fourth-order valence-electron chi connectivity index (χ4n) is 4.74. The van der Waals surface area contributed by atoms with Crippen molar-refractivity contribution in [1.82, 2.24) is 14.6 Å². The Labute approximate surface area is 192 Å². The lowest BCUT2D eigenvalue weighted by molar-refractivity contribution is -0.133. The lowest BCUT2D eigenvalue weighted by atomic mass is 9.89. The average Bonchev–Trinajstić information content (AvgIpc) is 3.36. The number of carbonyl (C=O) groups is 1. The molecule has 0 spiro atoms. The van der Waals surface area contributed by atoms with Crippen LogP contribution < -0.4 is 9.46 Å². The number of sulfonamides is 1. The zero-order chi connectivity index (χ0) is 23.2. The number of amides is 1. The van der Waals surface area contributed by atoms with Crippen LogP contribution in [0.1, 0.15) is 36.8 Å². The highest BCUT2D eigenvalue weighted by molar-refractivity contribution is 7.90. The van der Waals surface area contributed by atoms with Gasteiger partial charge in [0, 0.05) is 35.8 Å². The van der Waals surface area contributed by atoms with Crippen molar-refractivity contribution in [1.29, 1.82) is 0 Å². The third-order valence-electron chi connectivity index (χ3n) is 6.51. The van der Waals surface area contributed by atoms with Gasteiger partial charge in [0.25, 0.3) is 10.0 Å². The maximum Gasteiger partial charge on any atom is 0.263 e. The van der Waals surface area contributed by atoms with Gasteiger partial charge in [0.15, 0.2) is 0 Å². The first-order valence-electron chi connectivity index (χ1n) is 11.0. The molecule has 0 radical (unpaired) electrons. The summed E-state index contributed by atoms with van der Waals surface area (Å²) >= 11 is 0. The van der Waals surface area contributed by atoms with Crippen LogP contribution in [0, 0.1) is 0 Å². The second-order valence-electron chi connectivity index (χ2n) is 8.51. The van der Waals surface area contributed by atoms with E-state index in [1.165, 1.54) is 11.6 Å². The van der Waals surface area contributed by atoms with Gasteiger partial charge >= 0.3 is 0 Å². The molecule has 33 heavy (non-hydrogen) atoms. The molecule has 0 aliphatic carbocycles. The van der Waals surface area contributed by atoms with Gasteiger partial charge < -0.3 is 14.6 Å². The molecule has 2 N–H and O–H groups in total. The van der Waals surface area contributed by atoms with Gasteiger partial charge in [-0.1, -0.05) is 12.1 Å². The number of aromatic amines is 1. The van der Waals surface area contributed by atoms with E-state index >= 15 is 0 Å². The van der Waals surface area contributed by atoms with Gasteiger partial charge in [-0.3, -0.25) is 14.5 Å². The van der Waals surface area contributed by atoms with Crippen molar-refractivity contribution in [2.24, 2.45) is 4.99 Å². The Morgan fingerprint density at radius 2 is 1.94 bits per heavy atom. The summed E-state index contributed by atoms with van der Waals surface area (Å²) in [5.41, 5.74) is 2.83. The van der Waals surface area contributed by atoms with Crippen molar-refractivity contribution in [3.63, 3.8) is 0 Å². The standard InChI is InChI=1S/C24H26N4O4S/c1-15(26-23-18-5-3-4-6-22(18)33(30,31)27-23)24(29)28-11-9-16(10-12-28)20-14-25-21-8-7-17(32-2)13-19(20)21/h3-8,13-16,25H,9-12H2,1-2H3,(H,26,27)/t15-/m0/s1. The molecular weight excluding hydrogens is 440 g/mol. The quantitative estimate of drug-likeness (QED) is 0.617. The van der Waals surface area contributed by atoms with Crippen LogP contribution in [0.4, 0.5) is 0 Å². The summed E-state index contributed by atoms with van der Waals surface area (Å²) in [7, 11) is -1.96. The second-order valence-corrected chi connectivity index (χ2v) is 10.2. The summed E-state index contributed by atoms with van der Waals surface area (Å²) in [6, 6.07) is 12.0. The van der Waals surface area contributed by atoms with E-state index in [9.17, 15) is 13.2 Å². The number of fused-ring (bicyclic) bond motifs is 2. The lowest BCUT2D eigenvalue weighted by Gasteiger charge is -2.33. The highest BCUT2D eigenvalue weighted by Gasteiger charge is 2.32. The van der Waals surface area contributed by atoms with Gasteiger partial charge in [0.2, 0.25) is 5.91 Å².